The average molecular weight is 1090 g/mol. The third-order valence-electron chi connectivity index (χ3n) is 10.9. The van der Waals surface area contributed by atoms with Gasteiger partial charge in [0.2, 0.25) is 0 Å². The molecule has 37 nitrogen and oxygen atoms in total. The topological polar surface area (TPSA) is 542 Å². The van der Waals surface area contributed by atoms with E-state index in [1.54, 1.807) is 0 Å². The van der Waals surface area contributed by atoms with Crippen LogP contribution >= 0.6 is 31.3 Å². The second-order valence-electron chi connectivity index (χ2n) is 15.4. The lowest BCUT2D eigenvalue weighted by atomic mass is 10.1. The SMILES string of the molecule is Nc1ncnc2c1ncn2[C@@H]1O[C@H](COP(=O)(O)O)[C@H](O)[C@H]1OP(=O)(O)OC[C@H]1O[C@@H](n2cnc3c(N)ncnc32)[C@H](OP(=O)(O)OC[C@H]2O[C@@H](n3cnc4c(N)ncnc43)[C@H](OP(=O)(O)O)[C@@H]2O)[C@H]1O. The molecule has 3 aliphatic heterocycles. The largest absolute Gasteiger partial charge is 0.472 e. The Morgan fingerprint density at radius 1 is 0.465 bits per heavy atom. The molecule has 9 heterocycles. The quantitative estimate of drug-likeness (QED) is 0.0374. The van der Waals surface area contributed by atoms with E-state index in [9.17, 15) is 62.9 Å². The van der Waals surface area contributed by atoms with Gasteiger partial charge < -0.3 is 76.1 Å². The van der Waals surface area contributed by atoms with Crippen LogP contribution in [0.1, 0.15) is 18.7 Å². The van der Waals surface area contributed by atoms with E-state index in [0.29, 0.717) is 0 Å². The summed E-state index contributed by atoms with van der Waals surface area (Å²) >= 11 is 0. The van der Waals surface area contributed by atoms with Crippen LogP contribution in [0.15, 0.2) is 38.0 Å². The van der Waals surface area contributed by atoms with Crippen molar-refractivity contribution in [3.05, 3.63) is 38.0 Å². The van der Waals surface area contributed by atoms with E-state index < -0.39 is 125 Å². The Hall–Kier alpha value is -4.75. The van der Waals surface area contributed by atoms with Gasteiger partial charge in [-0.05, 0) is 0 Å². The van der Waals surface area contributed by atoms with Crippen molar-refractivity contribution in [3.63, 3.8) is 0 Å². The molecule has 0 saturated carbocycles. The van der Waals surface area contributed by atoms with E-state index in [-0.39, 0.29) is 50.9 Å². The van der Waals surface area contributed by atoms with Crippen molar-refractivity contribution >= 4 is 82.2 Å². The summed E-state index contributed by atoms with van der Waals surface area (Å²) in [5.74, 6) is -0.301. The number of fused-ring (bicyclic) bond motifs is 3. The first-order valence-corrected chi connectivity index (χ1v) is 26.0. The van der Waals surface area contributed by atoms with Gasteiger partial charge in [-0.25, -0.2) is 63.1 Å². The zero-order valence-electron chi connectivity index (χ0n) is 35.2. The second-order valence-corrected chi connectivity index (χ2v) is 20.7. The number of nitrogen functional groups attached to an aromatic ring is 3. The summed E-state index contributed by atoms with van der Waals surface area (Å²) in [6, 6.07) is 0. The summed E-state index contributed by atoms with van der Waals surface area (Å²) < 4.78 is 102. The fourth-order valence-corrected chi connectivity index (χ4v) is 10.5. The standard InChI is InChI=1S/C30H39N15O22P4/c31-22-13-25(37-4-34-22)43(7-40-13)28-19(65-69(52,53)54)16(46)11(63-28)2-60-70(55,56)67-21-18(48)12(64-30(21)45-9-42-15-24(33)36-6-39-27(15)45)3-61-71(57,58)66-20-17(47)10(1-59-68(49,50)51)62-29(20)44-8-41-14-23(32)35-5-38-26(14)44/h4-12,16-21,28-30,46-48H,1-3H2,(H,55,56)(H,57,58)(H2,31,34,37)(H2,32,35,38)(H2,33,36,39)(H2,49,50,51)(H2,52,53,54)/t10-,11-,12-,16-,17+,18+,19-,20-,21-,28-,29-,30-/m1/s1. The summed E-state index contributed by atoms with van der Waals surface area (Å²) in [5, 5.41) is 34.0. The van der Waals surface area contributed by atoms with Crippen LogP contribution in [0.4, 0.5) is 17.5 Å². The molecule has 0 aliphatic carbocycles. The molecule has 6 aromatic rings. The molecule has 14 atom stereocenters. The number of hydrogen-bond acceptors (Lipinski definition) is 28. The normalized spacial score (nSPS) is 30.2. The van der Waals surface area contributed by atoms with Gasteiger partial charge in [-0.2, -0.15) is 0 Å². The van der Waals surface area contributed by atoms with Crippen LogP contribution in [0.25, 0.3) is 33.5 Å². The molecule has 6 aromatic heterocycles. The Morgan fingerprint density at radius 2 is 0.775 bits per heavy atom. The minimum atomic E-state index is -5.50. The zero-order chi connectivity index (χ0) is 50.9. The molecule has 3 saturated heterocycles. The monoisotopic (exact) mass is 1090 g/mol. The van der Waals surface area contributed by atoms with Crippen molar-refractivity contribution in [3.8, 4) is 0 Å². The Labute approximate surface area is 393 Å². The summed E-state index contributed by atoms with van der Waals surface area (Å²) in [6.07, 6.45) is -15.6. The zero-order valence-corrected chi connectivity index (χ0v) is 38.8. The van der Waals surface area contributed by atoms with Crippen LogP contribution in [0.2, 0.25) is 0 Å². The maximum absolute atomic E-state index is 13.7. The Bertz CT molecular complexity index is 3140. The number of aromatic nitrogens is 12. The first-order valence-electron chi connectivity index (χ1n) is 19.9. The van der Waals surface area contributed by atoms with E-state index in [0.717, 1.165) is 51.7 Å². The maximum Gasteiger partial charge on any atom is 0.472 e. The van der Waals surface area contributed by atoms with Crippen LogP contribution in [0.3, 0.4) is 0 Å². The molecule has 0 amide bonds. The lowest BCUT2D eigenvalue weighted by Gasteiger charge is -2.25. The molecule has 0 bridgehead atoms. The molecule has 0 radical (unpaired) electrons. The molecule has 15 N–H and O–H groups in total. The van der Waals surface area contributed by atoms with Crippen LogP contribution in [0.5, 0.6) is 0 Å². The van der Waals surface area contributed by atoms with Crippen molar-refractivity contribution in [2.24, 2.45) is 0 Å². The maximum atomic E-state index is 13.7. The number of imidazole rings is 3. The van der Waals surface area contributed by atoms with Crippen LogP contribution in [0, 0.1) is 0 Å². The molecular formula is C30H39N15O22P4. The number of nitrogens with two attached hydrogens (primary N) is 3. The number of nitrogens with zero attached hydrogens (tertiary/aromatic N) is 12. The molecule has 2 unspecified atom stereocenters. The highest BCUT2D eigenvalue weighted by atomic mass is 31.2. The third kappa shape index (κ3) is 10.6. The van der Waals surface area contributed by atoms with E-state index in [4.69, 9.17) is 54.0 Å². The van der Waals surface area contributed by atoms with Gasteiger partial charge in [0, 0.05) is 0 Å². The highest BCUT2D eigenvalue weighted by molar-refractivity contribution is 7.47. The second kappa shape index (κ2) is 19.3. The number of phosphoric ester groups is 4. The van der Waals surface area contributed by atoms with Gasteiger partial charge >= 0.3 is 31.3 Å². The van der Waals surface area contributed by atoms with Crippen molar-refractivity contribution in [2.45, 2.75) is 73.6 Å². The van der Waals surface area contributed by atoms with Gasteiger partial charge in [-0.3, -0.25) is 40.8 Å². The average Bonchev–Trinajstić information content (AvgIpc) is 4.15. The van der Waals surface area contributed by atoms with Crippen molar-refractivity contribution < 1.29 is 104 Å². The smallest absolute Gasteiger partial charge is 0.387 e. The summed E-state index contributed by atoms with van der Waals surface area (Å²) in [6.45, 7) is -3.11. The van der Waals surface area contributed by atoms with Crippen LogP contribution in [-0.4, -0.2) is 178 Å². The number of aliphatic hydroxyl groups is 3. The molecule has 3 aliphatic rings. The van der Waals surface area contributed by atoms with Crippen LogP contribution in [-0.2, 0) is 59.6 Å². The number of hydrogen-bond donors (Lipinski definition) is 12. The van der Waals surface area contributed by atoms with Crippen molar-refractivity contribution in [1.29, 1.82) is 0 Å². The van der Waals surface area contributed by atoms with Gasteiger partial charge in [0.05, 0.1) is 38.8 Å². The van der Waals surface area contributed by atoms with Crippen molar-refractivity contribution in [1.82, 2.24) is 58.6 Å². The molecule has 0 aromatic carbocycles. The molecule has 0 spiro atoms. The number of anilines is 3. The van der Waals surface area contributed by atoms with E-state index in [1.807, 2.05) is 0 Å². The summed E-state index contributed by atoms with van der Waals surface area (Å²) in [5.41, 5.74) is 17.6. The number of aliphatic hydroxyl groups excluding tert-OH is 3. The van der Waals surface area contributed by atoms with Gasteiger partial charge in [-0.1, -0.05) is 0 Å². The number of rotatable bonds is 18. The van der Waals surface area contributed by atoms with Crippen molar-refractivity contribution in [2.75, 3.05) is 37.0 Å². The fraction of sp³-hybridized carbons (Fsp3) is 0.500. The van der Waals surface area contributed by atoms with E-state index in [1.165, 1.54) is 0 Å². The highest BCUT2D eigenvalue weighted by Gasteiger charge is 2.54. The predicted molar refractivity (Wildman–Crippen MR) is 225 cm³/mol. The molecular weight excluding hydrogens is 1050 g/mol. The van der Waals surface area contributed by atoms with Gasteiger partial charge in [0.1, 0.15) is 90.5 Å². The first kappa shape index (κ1) is 51.2. The predicted octanol–water partition coefficient (Wildman–Crippen LogP) is -3.38. The molecule has 9 rings (SSSR count). The minimum Gasteiger partial charge on any atom is -0.387 e. The van der Waals surface area contributed by atoms with E-state index >= 15 is 0 Å². The Balaban J connectivity index is 0.932. The number of ether oxygens (including phenoxy) is 3. The fourth-order valence-electron chi connectivity index (χ4n) is 7.78. The number of phosphoric acid groups is 4. The highest BCUT2D eigenvalue weighted by Crippen LogP contribution is 2.54. The van der Waals surface area contributed by atoms with E-state index in [2.05, 4.69) is 49.4 Å². The lowest BCUT2D eigenvalue weighted by Crippen LogP contribution is -2.37. The minimum absolute atomic E-state index is 0.00855. The van der Waals surface area contributed by atoms with Gasteiger partial charge in [0.25, 0.3) is 0 Å². The Morgan fingerprint density at radius 3 is 1.08 bits per heavy atom. The van der Waals surface area contributed by atoms with Crippen LogP contribution < -0.4 is 17.2 Å². The lowest BCUT2D eigenvalue weighted by molar-refractivity contribution is -0.0643. The first-order chi connectivity index (χ1) is 33.4. The van der Waals surface area contributed by atoms with Gasteiger partial charge in [-0.15, -0.1) is 0 Å². The molecule has 71 heavy (non-hydrogen) atoms. The summed E-state index contributed by atoms with van der Waals surface area (Å²) in [7, 11) is -21.5. The molecule has 3 fully saturated rings. The Kier molecular flexibility index (Phi) is 13.9. The molecule has 386 valence electrons. The third-order valence-corrected chi connectivity index (χ3v) is 13.9. The van der Waals surface area contributed by atoms with Gasteiger partial charge in [0.15, 0.2) is 53.1 Å². The molecule has 41 heteroatoms. The summed E-state index contributed by atoms with van der Waals surface area (Å²) in [4.78, 5) is 95.9.